The van der Waals surface area contributed by atoms with Crippen LogP contribution in [-0.2, 0) is 6.54 Å². The Hall–Kier alpha value is -3.22. The van der Waals surface area contributed by atoms with Gasteiger partial charge in [0.2, 0.25) is 0 Å². The normalized spacial score (nSPS) is 11.1. The van der Waals surface area contributed by atoms with Crippen LogP contribution in [-0.4, -0.2) is 43.1 Å². The second-order valence-electron chi connectivity index (χ2n) is 6.52. The number of hydrogen-bond donors (Lipinski definition) is 2. The zero-order valence-electron chi connectivity index (χ0n) is 18.3. The summed E-state index contributed by atoms with van der Waals surface area (Å²) in [5, 5.41) is 3.09. The van der Waals surface area contributed by atoms with Gasteiger partial charge < -0.3 is 25.4 Å². The van der Waals surface area contributed by atoms with E-state index in [1.165, 1.54) is 0 Å². The van der Waals surface area contributed by atoms with E-state index in [9.17, 15) is 4.79 Å². The largest absolute Gasteiger partial charge is 0.494 e. The molecule has 0 spiro atoms. The topological polar surface area (TPSA) is 89.2 Å². The van der Waals surface area contributed by atoms with E-state index in [4.69, 9.17) is 15.2 Å². The fraction of sp³-hybridized carbons (Fsp3) is 0.391. The lowest BCUT2D eigenvalue weighted by atomic mass is 10.1. The van der Waals surface area contributed by atoms with Crippen LogP contribution in [0, 0.1) is 0 Å². The number of benzene rings is 2. The molecule has 0 unspecified atom stereocenters. The average Bonchev–Trinajstić information content (AvgIpc) is 2.75. The molecule has 7 heteroatoms. The van der Waals surface area contributed by atoms with E-state index in [0.29, 0.717) is 49.8 Å². The summed E-state index contributed by atoms with van der Waals surface area (Å²) >= 11 is 0. The Balaban J connectivity index is 2.06. The van der Waals surface area contributed by atoms with Gasteiger partial charge in [-0.2, -0.15) is 0 Å². The van der Waals surface area contributed by atoms with Crippen LogP contribution in [0.5, 0.6) is 11.5 Å². The predicted molar refractivity (Wildman–Crippen MR) is 121 cm³/mol. The molecular weight excluding hydrogens is 380 g/mol. The van der Waals surface area contributed by atoms with Crippen molar-refractivity contribution in [3.05, 3.63) is 53.6 Å². The van der Waals surface area contributed by atoms with E-state index < -0.39 is 0 Å². The number of rotatable bonds is 10. The molecular formula is C23H32N4O3. The smallest absolute Gasteiger partial charge is 0.253 e. The molecule has 0 aliphatic heterocycles. The summed E-state index contributed by atoms with van der Waals surface area (Å²) in [4.78, 5) is 18.6. The first-order valence-electron chi connectivity index (χ1n) is 10.4. The highest BCUT2D eigenvalue weighted by molar-refractivity contribution is 5.94. The van der Waals surface area contributed by atoms with E-state index in [2.05, 4.69) is 10.3 Å². The number of nitrogens with zero attached hydrogens (tertiary/aromatic N) is 2. The molecule has 0 saturated heterocycles. The Morgan fingerprint density at radius 1 is 1.00 bits per heavy atom. The lowest BCUT2D eigenvalue weighted by Gasteiger charge is -2.18. The third-order valence-electron chi connectivity index (χ3n) is 4.51. The minimum atomic E-state index is 0.0360. The Morgan fingerprint density at radius 3 is 2.27 bits per heavy atom. The lowest BCUT2D eigenvalue weighted by Crippen LogP contribution is -2.30. The number of nitrogens with two attached hydrogens (primary N) is 1. The summed E-state index contributed by atoms with van der Waals surface area (Å²) in [6.07, 6.45) is 0. The van der Waals surface area contributed by atoms with Crippen molar-refractivity contribution in [3.63, 3.8) is 0 Å². The molecule has 1 amide bonds. The molecule has 0 aliphatic carbocycles. The number of aliphatic imine (C=N–C) groups is 1. The predicted octanol–water partition coefficient (Wildman–Crippen LogP) is 3.89. The van der Waals surface area contributed by atoms with Crippen LogP contribution < -0.4 is 20.5 Å². The summed E-state index contributed by atoms with van der Waals surface area (Å²) in [6.45, 7) is 10.7. The van der Waals surface area contributed by atoms with Crippen molar-refractivity contribution in [2.45, 2.75) is 34.2 Å². The highest BCUT2D eigenvalue weighted by atomic mass is 16.5. The molecule has 2 aromatic carbocycles. The molecule has 0 aliphatic rings. The number of carbonyl (C=O) groups excluding carboxylic acids is 1. The van der Waals surface area contributed by atoms with Gasteiger partial charge in [-0.05, 0) is 57.5 Å². The van der Waals surface area contributed by atoms with Crippen molar-refractivity contribution < 1.29 is 14.3 Å². The first-order chi connectivity index (χ1) is 14.5. The molecule has 2 aromatic rings. The molecule has 0 saturated carbocycles. The molecule has 0 atom stereocenters. The molecule has 0 fully saturated rings. The fourth-order valence-corrected chi connectivity index (χ4v) is 2.94. The zero-order valence-corrected chi connectivity index (χ0v) is 18.3. The van der Waals surface area contributed by atoms with Gasteiger partial charge in [0.05, 0.1) is 25.4 Å². The van der Waals surface area contributed by atoms with Gasteiger partial charge in [-0.15, -0.1) is 0 Å². The molecule has 0 aromatic heterocycles. The number of guanidine groups is 1. The standard InChI is InChI=1S/C23H32N4O3/c1-5-27(6-2)22(28)18-11-9-17(10-12-18)16-25-23(24)26-20-15-19(29-7-3)13-14-21(20)30-8-4/h9-15H,5-8,16H2,1-4H3,(H3,24,25,26). The van der Waals surface area contributed by atoms with Crippen molar-refractivity contribution in [2.24, 2.45) is 10.7 Å². The first-order valence-corrected chi connectivity index (χ1v) is 10.4. The maximum absolute atomic E-state index is 12.4. The van der Waals surface area contributed by atoms with Crippen molar-refractivity contribution >= 4 is 17.6 Å². The van der Waals surface area contributed by atoms with Gasteiger partial charge in [-0.3, -0.25) is 4.79 Å². The Bertz CT molecular complexity index is 846. The Morgan fingerprint density at radius 2 is 1.67 bits per heavy atom. The van der Waals surface area contributed by atoms with Gasteiger partial charge in [0, 0.05) is 24.7 Å². The highest BCUT2D eigenvalue weighted by Gasteiger charge is 2.12. The van der Waals surface area contributed by atoms with Crippen molar-refractivity contribution in [1.82, 2.24) is 4.90 Å². The van der Waals surface area contributed by atoms with Crippen molar-refractivity contribution in [2.75, 3.05) is 31.6 Å². The maximum Gasteiger partial charge on any atom is 0.253 e. The summed E-state index contributed by atoms with van der Waals surface area (Å²) in [5.74, 6) is 1.71. The average molecular weight is 413 g/mol. The van der Waals surface area contributed by atoms with E-state index >= 15 is 0 Å². The van der Waals surface area contributed by atoms with Crippen LogP contribution >= 0.6 is 0 Å². The van der Waals surface area contributed by atoms with Crippen LogP contribution in [0.2, 0.25) is 0 Å². The number of hydrogen-bond acceptors (Lipinski definition) is 4. The maximum atomic E-state index is 12.4. The van der Waals surface area contributed by atoms with Gasteiger partial charge in [-0.1, -0.05) is 12.1 Å². The highest BCUT2D eigenvalue weighted by Crippen LogP contribution is 2.29. The molecule has 30 heavy (non-hydrogen) atoms. The summed E-state index contributed by atoms with van der Waals surface area (Å²) < 4.78 is 11.2. The van der Waals surface area contributed by atoms with Crippen LogP contribution in [0.4, 0.5) is 5.69 Å². The molecule has 2 rings (SSSR count). The zero-order chi connectivity index (χ0) is 21.9. The van der Waals surface area contributed by atoms with E-state index in [-0.39, 0.29) is 11.9 Å². The van der Waals surface area contributed by atoms with Crippen LogP contribution in [0.25, 0.3) is 0 Å². The van der Waals surface area contributed by atoms with Crippen molar-refractivity contribution in [3.8, 4) is 11.5 Å². The van der Waals surface area contributed by atoms with Crippen LogP contribution in [0.15, 0.2) is 47.5 Å². The van der Waals surface area contributed by atoms with Crippen LogP contribution in [0.3, 0.4) is 0 Å². The summed E-state index contributed by atoms with van der Waals surface area (Å²) in [7, 11) is 0. The SMILES string of the molecule is CCOc1ccc(OCC)c(NC(N)=NCc2ccc(C(=O)N(CC)CC)cc2)c1. The van der Waals surface area contributed by atoms with Crippen molar-refractivity contribution in [1.29, 1.82) is 0 Å². The number of nitrogens with one attached hydrogen (secondary N) is 1. The minimum Gasteiger partial charge on any atom is -0.494 e. The van der Waals surface area contributed by atoms with Crippen LogP contribution in [0.1, 0.15) is 43.6 Å². The second kappa shape index (κ2) is 11.7. The lowest BCUT2D eigenvalue weighted by molar-refractivity contribution is 0.0773. The van der Waals surface area contributed by atoms with Gasteiger partial charge in [0.1, 0.15) is 11.5 Å². The number of carbonyl (C=O) groups is 1. The number of ether oxygens (including phenoxy) is 2. The third kappa shape index (κ3) is 6.40. The number of amides is 1. The Kier molecular flexibility index (Phi) is 9.00. The molecule has 0 heterocycles. The molecule has 162 valence electrons. The van der Waals surface area contributed by atoms with Gasteiger partial charge >= 0.3 is 0 Å². The summed E-state index contributed by atoms with van der Waals surface area (Å²) in [5.41, 5.74) is 8.41. The van der Waals surface area contributed by atoms with E-state index in [1.807, 2.05) is 70.2 Å². The minimum absolute atomic E-state index is 0.0360. The molecule has 0 bridgehead atoms. The molecule has 3 N–H and O–H groups in total. The summed E-state index contributed by atoms with van der Waals surface area (Å²) in [6, 6.07) is 13.0. The molecule has 7 nitrogen and oxygen atoms in total. The van der Waals surface area contributed by atoms with E-state index in [1.54, 1.807) is 4.90 Å². The fourth-order valence-electron chi connectivity index (χ4n) is 2.94. The monoisotopic (exact) mass is 412 g/mol. The number of anilines is 1. The van der Waals surface area contributed by atoms with E-state index in [0.717, 1.165) is 11.3 Å². The third-order valence-corrected chi connectivity index (χ3v) is 4.51. The van der Waals surface area contributed by atoms with Gasteiger partial charge in [-0.25, -0.2) is 4.99 Å². The first kappa shape index (κ1) is 23.1. The second-order valence-corrected chi connectivity index (χ2v) is 6.52. The Labute approximate surface area is 178 Å². The molecule has 0 radical (unpaired) electrons. The van der Waals surface area contributed by atoms with Gasteiger partial charge in [0.15, 0.2) is 5.96 Å². The quantitative estimate of drug-likeness (QED) is 0.456. The van der Waals surface area contributed by atoms with Gasteiger partial charge in [0.25, 0.3) is 5.91 Å².